The molecule has 1 heterocycles. The van der Waals surface area contributed by atoms with Crippen LogP contribution in [0.2, 0.25) is 0 Å². The van der Waals surface area contributed by atoms with E-state index in [1.165, 1.54) is 0 Å². The van der Waals surface area contributed by atoms with Gasteiger partial charge in [0, 0.05) is 0 Å². The SMILES string of the molecule is CCOc1cc(/C=N\N2C(=O)[C@@H]3[C@H](C2=O)[C@H]2C=C[C@H]3CC2)cc(I)c1OCC. The Hall–Kier alpha value is -1.90. The topological polar surface area (TPSA) is 68.2 Å². The number of hydrazone groups is 1. The summed E-state index contributed by atoms with van der Waals surface area (Å²) in [4.78, 5) is 25.7. The minimum absolute atomic E-state index is 0.169. The van der Waals surface area contributed by atoms with E-state index in [2.05, 4.69) is 39.8 Å². The molecule has 1 saturated heterocycles. The van der Waals surface area contributed by atoms with Gasteiger partial charge in [-0.3, -0.25) is 9.59 Å². The number of carbonyl (C=O) groups excluding carboxylic acids is 2. The van der Waals surface area contributed by atoms with Crippen molar-refractivity contribution in [3.63, 3.8) is 0 Å². The van der Waals surface area contributed by atoms with E-state index >= 15 is 0 Å². The lowest BCUT2D eigenvalue weighted by molar-refractivity contribution is -0.140. The van der Waals surface area contributed by atoms with Gasteiger partial charge in [0.05, 0.1) is 34.8 Å². The Bertz CT molecular complexity index is 834. The third-order valence-corrected chi connectivity index (χ3v) is 6.48. The zero-order valence-electron chi connectivity index (χ0n) is 15.9. The summed E-state index contributed by atoms with van der Waals surface area (Å²) >= 11 is 2.19. The van der Waals surface area contributed by atoms with E-state index in [0.29, 0.717) is 24.7 Å². The summed E-state index contributed by atoms with van der Waals surface area (Å²) in [6.45, 7) is 4.89. The third kappa shape index (κ3) is 3.23. The summed E-state index contributed by atoms with van der Waals surface area (Å²) in [6, 6.07) is 3.73. The minimum atomic E-state index is -0.243. The Labute approximate surface area is 178 Å². The number of benzene rings is 1. The van der Waals surface area contributed by atoms with E-state index < -0.39 is 0 Å². The van der Waals surface area contributed by atoms with Crippen molar-refractivity contribution in [2.45, 2.75) is 26.7 Å². The van der Waals surface area contributed by atoms with Gasteiger partial charge < -0.3 is 9.47 Å². The predicted octanol–water partition coefficient (Wildman–Crippen LogP) is 3.62. The number of halogens is 1. The summed E-state index contributed by atoms with van der Waals surface area (Å²) in [5.74, 6) is 0.842. The molecule has 6 nitrogen and oxygen atoms in total. The van der Waals surface area contributed by atoms with Crippen molar-refractivity contribution >= 4 is 40.6 Å². The van der Waals surface area contributed by atoms with Gasteiger partial charge in [-0.25, -0.2) is 0 Å². The van der Waals surface area contributed by atoms with Crippen molar-refractivity contribution in [2.75, 3.05) is 13.2 Å². The first-order chi connectivity index (χ1) is 13.5. The highest BCUT2D eigenvalue weighted by molar-refractivity contribution is 14.1. The molecule has 0 N–H and O–H groups in total. The van der Waals surface area contributed by atoms with Gasteiger partial charge in [0.15, 0.2) is 11.5 Å². The van der Waals surface area contributed by atoms with Gasteiger partial charge in [0.2, 0.25) is 0 Å². The van der Waals surface area contributed by atoms with Crippen LogP contribution in [-0.4, -0.2) is 36.3 Å². The van der Waals surface area contributed by atoms with E-state index in [1.807, 2.05) is 26.0 Å². The van der Waals surface area contributed by atoms with Crippen LogP contribution in [0, 0.1) is 27.2 Å². The Morgan fingerprint density at radius 1 is 1.07 bits per heavy atom. The van der Waals surface area contributed by atoms with Crippen molar-refractivity contribution in [3.05, 3.63) is 33.4 Å². The lowest BCUT2D eigenvalue weighted by Gasteiger charge is -2.37. The number of fused-ring (bicyclic) bond motifs is 1. The maximum atomic E-state index is 12.8. The molecule has 2 amide bonds. The standard InChI is InChI=1S/C21H23IN2O4/c1-3-27-16-10-12(9-15(22)19(16)28-4-2)11-23-24-20(25)17-13-5-6-14(8-7-13)18(17)21(24)26/h5-6,9-11,13-14,17-18H,3-4,7-8H2,1-2H3/b23-11-/t13-,14-,17-,18+/m0/s1. The number of carbonyl (C=O) groups is 2. The second-order valence-electron chi connectivity index (χ2n) is 7.27. The van der Waals surface area contributed by atoms with E-state index in [0.717, 1.165) is 27.0 Å². The van der Waals surface area contributed by atoms with E-state index in [1.54, 1.807) is 6.21 Å². The summed E-state index contributed by atoms with van der Waals surface area (Å²) in [5, 5.41) is 5.36. The van der Waals surface area contributed by atoms with Crippen LogP contribution in [0.1, 0.15) is 32.3 Å². The molecule has 0 unspecified atom stereocenters. The first-order valence-corrected chi connectivity index (χ1v) is 10.8. The molecular formula is C21H23IN2O4. The highest BCUT2D eigenvalue weighted by Crippen LogP contribution is 2.49. The molecule has 1 aromatic carbocycles. The average Bonchev–Trinajstić information content (AvgIpc) is 2.96. The fourth-order valence-corrected chi connectivity index (χ4v) is 5.29. The number of hydrogen-bond acceptors (Lipinski definition) is 5. The summed E-state index contributed by atoms with van der Waals surface area (Å²) in [6.07, 6.45) is 7.73. The van der Waals surface area contributed by atoms with E-state index in [4.69, 9.17) is 9.47 Å². The Morgan fingerprint density at radius 3 is 2.21 bits per heavy atom. The van der Waals surface area contributed by atoms with Gasteiger partial charge in [0.1, 0.15) is 0 Å². The normalized spacial score (nSPS) is 28.3. The number of allylic oxidation sites excluding steroid dienone is 2. The largest absolute Gasteiger partial charge is 0.490 e. The number of rotatable bonds is 6. The van der Waals surface area contributed by atoms with Crippen LogP contribution in [0.5, 0.6) is 11.5 Å². The Morgan fingerprint density at radius 2 is 1.68 bits per heavy atom. The zero-order valence-corrected chi connectivity index (χ0v) is 18.1. The molecule has 7 heteroatoms. The third-order valence-electron chi connectivity index (χ3n) is 5.68. The molecule has 28 heavy (non-hydrogen) atoms. The monoisotopic (exact) mass is 494 g/mol. The highest BCUT2D eigenvalue weighted by Gasteiger charge is 2.56. The number of ether oxygens (including phenoxy) is 2. The van der Waals surface area contributed by atoms with Crippen LogP contribution in [0.4, 0.5) is 0 Å². The number of imide groups is 1. The molecule has 3 aliphatic carbocycles. The van der Waals surface area contributed by atoms with E-state index in [-0.39, 0.29) is 35.5 Å². The smallest absolute Gasteiger partial charge is 0.254 e. The number of hydrogen-bond donors (Lipinski definition) is 0. The van der Waals surface area contributed by atoms with Crippen LogP contribution in [0.15, 0.2) is 29.4 Å². The Balaban J connectivity index is 1.59. The summed E-state index contributed by atoms with van der Waals surface area (Å²) < 4.78 is 12.3. The minimum Gasteiger partial charge on any atom is -0.490 e. The van der Waals surface area contributed by atoms with Crippen LogP contribution >= 0.6 is 22.6 Å². The second-order valence-corrected chi connectivity index (χ2v) is 8.43. The number of nitrogens with zero attached hydrogens (tertiary/aromatic N) is 2. The quantitative estimate of drug-likeness (QED) is 0.262. The molecule has 1 aliphatic heterocycles. The molecule has 0 aromatic heterocycles. The molecule has 148 valence electrons. The van der Waals surface area contributed by atoms with Gasteiger partial charge in [-0.15, -0.1) is 0 Å². The first-order valence-electron chi connectivity index (χ1n) is 9.74. The van der Waals surface area contributed by atoms with Gasteiger partial charge in [-0.05, 0) is 78.8 Å². The lowest BCUT2D eigenvalue weighted by atomic mass is 9.63. The molecular weight excluding hydrogens is 471 g/mol. The Kier molecular flexibility index (Phi) is 5.44. The van der Waals surface area contributed by atoms with Crippen LogP contribution < -0.4 is 9.47 Å². The average molecular weight is 494 g/mol. The van der Waals surface area contributed by atoms with Crippen molar-refractivity contribution < 1.29 is 19.1 Å². The van der Waals surface area contributed by atoms with Crippen LogP contribution in [0.3, 0.4) is 0 Å². The van der Waals surface area contributed by atoms with Gasteiger partial charge in [-0.2, -0.15) is 10.1 Å². The molecule has 0 radical (unpaired) electrons. The summed E-state index contributed by atoms with van der Waals surface area (Å²) in [7, 11) is 0. The van der Waals surface area contributed by atoms with Crippen molar-refractivity contribution in [3.8, 4) is 11.5 Å². The van der Waals surface area contributed by atoms with Crippen molar-refractivity contribution in [1.82, 2.24) is 5.01 Å². The highest BCUT2D eigenvalue weighted by atomic mass is 127. The van der Waals surface area contributed by atoms with Crippen molar-refractivity contribution in [1.29, 1.82) is 0 Å². The van der Waals surface area contributed by atoms with Crippen LogP contribution in [-0.2, 0) is 9.59 Å². The molecule has 4 atom stereocenters. The van der Waals surface area contributed by atoms with Gasteiger partial charge in [-0.1, -0.05) is 12.2 Å². The fourth-order valence-electron chi connectivity index (χ4n) is 4.51. The lowest BCUT2D eigenvalue weighted by Crippen LogP contribution is -2.38. The molecule has 5 rings (SSSR count). The van der Waals surface area contributed by atoms with E-state index in [9.17, 15) is 9.59 Å². The van der Waals surface area contributed by atoms with Gasteiger partial charge in [0.25, 0.3) is 11.8 Å². The molecule has 1 aromatic rings. The second kappa shape index (κ2) is 7.85. The molecule has 2 bridgehead atoms. The predicted molar refractivity (Wildman–Crippen MR) is 113 cm³/mol. The van der Waals surface area contributed by atoms with Gasteiger partial charge >= 0.3 is 0 Å². The first kappa shape index (κ1) is 19.4. The zero-order chi connectivity index (χ0) is 19.8. The summed E-state index contributed by atoms with van der Waals surface area (Å²) in [5.41, 5.74) is 0.757. The van der Waals surface area contributed by atoms with Crippen molar-refractivity contribution in [2.24, 2.45) is 28.8 Å². The molecule has 1 saturated carbocycles. The number of amides is 2. The fraction of sp³-hybridized carbons (Fsp3) is 0.476. The maximum Gasteiger partial charge on any atom is 0.254 e. The molecule has 4 aliphatic rings. The maximum absolute atomic E-state index is 12.8. The van der Waals surface area contributed by atoms with Crippen LogP contribution in [0.25, 0.3) is 0 Å². The molecule has 0 spiro atoms. The molecule has 2 fully saturated rings.